The smallest absolute Gasteiger partial charge is 0.326 e. The molecule has 0 saturated carbocycles. The summed E-state index contributed by atoms with van der Waals surface area (Å²) in [5, 5.41) is 3.31. The summed E-state index contributed by atoms with van der Waals surface area (Å²) in [6, 6.07) is 0. The van der Waals surface area contributed by atoms with Gasteiger partial charge in [-0.05, 0) is 59.9 Å². The molecular weight excluding hydrogens is 254 g/mol. The third-order valence-corrected chi connectivity index (χ3v) is 3.66. The average Bonchev–Trinajstić information content (AvgIpc) is 2.41. The van der Waals surface area contributed by atoms with Crippen molar-refractivity contribution in [3.8, 4) is 0 Å². The molecule has 0 spiro atoms. The Balaban J connectivity index is 4.33. The Morgan fingerprint density at radius 1 is 1.15 bits per heavy atom. The Hall–Kier alpha value is -0.610. The van der Waals surface area contributed by atoms with Crippen LogP contribution in [-0.2, 0) is 14.3 Å². The van der Waals surface area contributed by atoms with E-state index in [9.17, 15) is 4.79 Å². The van der Waals surface area contributed by atoms with E-state index in [1.807, 2.05) is 13.8 Å². The lowest BCUT2D eigenvalue weighted by Crippen LogP contribution is -2.51. The van der Waals surface area contributed by atoms with Crippen LogP contribution >= 0.6 is 0 Å². The summed E-state index contributed by atoms with van der Waals surface area (Å²) in [5.74, 6) is -0.164. The monoisotopic (exact) mass is 287 g/mol. The van der Waals surface area contributed by atoms with Gasteiger partial charge in [-0.25, -0.2) is 0 Å². The minimum Gasteiger partial charge on any atom is -0.465 e. The van der Waals surface area contributed by atoms with E-state index in [0.29, 0.717) is 13.2 Å². The highest BCUT2D eigenvalue weighted by atomic mass is 16.5. The van der Waals surface area contributed by atoms with Gasteiger partial charge in [-0.1, -0.05) is 13.8 Å². The number of rotatable bonds is 11. The van der Waals surface area contributed by atoms with E-state index >= 15 is 0 Å². The fraction of sp³-hybridized carbons (Fsp3) is 0.938. The highest BCUT2D eigenvalue weighted by Gasteiger charge is 2.33. The largest absolute Gasteiger partial charge is 0.465 e. The molecule has 0 aliphatic heterocycles. The van der Waals surface area contributed by atoms with E-state index in [2.05, 4.69) is 33.0 Å². The van der Waals surface area contributed by atoms with Crippen molar-refractivity contribution < 1.29 is 14.3 Å². The second-order valence-electron chi connectivity index (χ2n) is 6.04. The summed E-state index contributed by atoms with van der Waals surface area (Å²) >= 11 is 0. The topological polar surface area (TPSA) is 47.6 Å². The highest BCUT2D eigenvalue weighted by molar-refractivity contribution is 5.80. The van der Waals surface area contributed by atoms with Crippen LogP contribution in [0.5, 0.6) is 0 Å². The van der Waals surface area contributed by atoms with Gasteiger partial charge in [0.1, 0.15) is 5.54 Å². The Labute approximate surface area is 124 Å². The van der Waals surface area contributed by atoms with E-state index in [1.165, 1.54) is 0 Å². The molecule has 0 bridgehead atoms. The maximum atomic E-state index is 12.1. The zero-order chi connectivity index (χ0) is 15.6. The number of esters is 1. The fourth-order valence-electron chi connectivity index (χ4n) is 1.83. The summed E-state index contributed by atoms with van der Waals surface area (Å²) in [6.07, 6.45) is 3.55. The quantitative estimate of drug-likeness (QED) is 0.468. The molecule has 20 heavy (non-hydrogen) atoms. The molecular formula is C16H33NO3. The van der Waals surface area contributed by atoms with E-state index < -0.39 is 5.54 Å². The van der Waals surface area contributed by atoms with Crippen molar-refractivity contribution in [1.29, 1.82) is 0 Å². The number of hydrogen-bond acceptors (Lipinski definition) is 4. The van der Waals surface area contributed by atoms with Crippen LogP contribution in [0.1, 0.15) is 67.2 Å². The summed E-state index contributed by atoms with van der Waals surface area (Å²) < 4.78 is 11.0. The number of carbonyl (C=O) groups excluding carboxylic acids is 1. The predicted molar refractivity (Wildman–Crippen MR) is 82.9 cm³/mol. The Bertz CT molecular complexity index is 279. The van der Waals surface area contributed by atoms with Crippen molar-refractivity contribution in [3.63, 3.8) is 0 Å². The van der Waals surface area contributed by atoms with Crippen molar-refractivity contribution in [2.45, 2.75) is 78.4 Å². The molecule has 0 aromatic carbocycles. The molecule has 0 aromatic rings. The van der Waals surface area contributed by atoms with Gasteiger partial charge in [-0.3, -0.25) is 4.79 Å². The van der Waals surface area contributed by atoms with Crippen LogP contribution in [0, 0.1) is 0 Å². The van der Waals surface area contributed by atoms with Gasteiger partial charge in [0.05, 0.1) is 12.2 Å². The van der Waals surface area contributed by atoms with Gasteiger partial charge < -0.3 is 14.8 Å². The average molecular weight is 287 g/mol. The third kappa shape index (κ3) is 7.25. The molecule has 4 heteroatoms. The van der Waals surface area contributed by atoms with Crippen molar-refractivity contribution in [2.75, 3.05) is 19.8 Å². The van der Waals surface area contributed by atoms with Crippen LogP contribution in [0.15, 0.2) is 0 Å². The number of hydrogen-bond donors (Lipinski definition) is 1. The molecule has 1 atom stereocenters. The van der Waals surface area contributed by atoms with Crippen LogP contribution in [0.2, 0.25) is 0 Å². The van der Waals surface area contributed by atoms with E-state index in [1.54, 1.807) is 0 Å². The maximum Gasteiger partial charge on any atom is 0.326 e. The van der Waals surface area contributed by atoms with Gasteiger partial charge in [0.2, 0.25) is 0 Å². The second-order valence-corrected chi connectivity index (χ2v) is 6.04. The normalized spacial score (nSPS) is 14.9. The summed E-state index contributed by atoms with van der Waals surface area (Å²) in [4.78, 5) is 12.1. The lowest BCUT2D eigenvalue weighted by molar-refractivity contribution is -0.151. The third-order valence-electron chi connectivity index (χ3n) is 3.66. The number of nitrogens with one attached hydrogen (secondary N) is 1. The van der Waals surface area contributed by atoms with Gasteiger partial charge in [0.15, 0.2) is 0 Å². The lowest BCUT2D eigenvalue weighted by atomic mass is 9.95. The molecule has 1 unspecified atom stereocenters. The van der Waals surface area contributed by atoms with Gasteiger partial charge >= 0.3 is 5.97 Å². The molecule has 4 nitrogen and oxygen atoms in total. The first-order valence-corrected chi connectivity index (χ1v) is 7.87. The first kappa shape index (κ1) is 19.4. The van der Waals surface area contributed by atoms with Crippen LogP contribution in [-0.4, -0.2) is 36.9 Å². The molecule has 120 valence electrons. The molecule has 0 aliphatic rings. The van der Waals surface area contributed by atoms with E-state index in [-0.39, 0.29) is 11.6 Å². The predicted octanol–water partition coefficient (Wildman–Crippen LogP) is 3.29. The summed E-state index contributed by atoms with van der Waals surface area (Å²) in [6.45, 7) is 14.1. The molecule has 1 N–H and O–H groups in total. The van der Waals surface area contributed by atoms with Gasteiger partial charge in [-0.15, -0.1) is 0 Å². The molecule has 0 rings (SSSR count). The van der Waals surface area contributed by atoms with Crippen molar-refractivity contribution in [3.05, 3.63) is 0 Å². The van der Waals surface area contributed by atoms with Crippen LogP contribution in [0.25, 0.3) is 0 Å². The highest BCUT2D eigenvalue weighted by Crippen LogP contribution is 2.18. The molecule has 0 aliphatic carbocycles. The molecule has 0 radical (unpaired) electrons. The second kappa shape index (κ2) is 9.35. The van der Waals surface area contributed by atoms with E-state index in [0.717, 1.165) is 32.2 Å². The first-order chi connectivity index (χ1) is 9.31. The molecule has 0 heterocycles. The van der Waals surface area contributed by atoms with Gasteiger partial charge in [0.25, 0.3) is 0 Å². The first-order valence-electron chi connectivity index (χ1n) is 7.87. The van der Waals surface area contributed by atoms with Crippen molar-refractivity contribution >= 4 is 5.97 Å². The van der Waals surface area contributed by atoms with Gasteiger partial charge in [0, 0.05) is 6.61 Å². The minimum atomic E-state index is -0.605. The number of carbonyl (C=O) groups is 1. The van der Waals surface area contributed by atoms with Gasteiger partial charge in [-0.2, -0.15) is 0 Å². The van der Waals surface area contributed by atoms with Crippen molar-refractivity contribution in [2.24, 2.45) is 0 Å². The zero-order valence-electron chi connectivity index (χ0n) is 14.2. The van der Waals surface area contributed by atoms with Crippen molar-refractivity contribution in [1.82, 2.24) is 5.32 Å². The van der Waals surface area contributed by atoms with Crippen LogP contribution in [0.4, 0.5) is 0 Å². The molecule has 0 fully saturated rings. The summed E-state index contributed by atoms with van der Waals surface area (Å²) in [7, 11) is 0. The van der Waals surface area contributed by atoms with Crippen LogP contribution in [0.3, 0.4) is 0 Å². The Morgan fingerprint density at radius 2 is 1.80 bits per heavy atom. The van der Waals surface area contributed by atoms with E-state index in [4.69, 9.17) is 9.47 Å². The Morgan fingerprint density at radius 3 is 2.30 bits per heavy atom. The summed E-state index contributed by atoms with van der Waals surface area (Å²) in [5.41, 5.74) is -0.692. The minimum absolute atomic E-state index is 0.0861. The maximum absolute atomic E-state index is 12.1. The molecule has 0 saturated heterocycles. The SMILES string of the molecule is CCCNC(C)(CCCOC(C)(C)CC)C(=O)OCC. The Kier molecular flexibility index (Phi) is 9.06. The standard InChI is InChI=1S/C16H33NO3/c1-7-12-17-16(6,14(18)19-9-3)11-10-13-20-15(4,5)8-2/h17H,7-13H2,1-6H3. The molecule has 0 aromatic heterocycles. The number of ether oxygens (including phenoxy) is 2. The molecule has 0 amide bonds. The fourth-order valence-corrected chi connectivity index (χ4v) is 1.83. The zero-order valence-corrected chi connectivity index (χ0v) is 14.2. The van der Waals surface area contributed by atoms with Crippen LogP contribution < -0.4 is 5.32 Å². The lowest BCUT2D eigenvalue weighted by Gasteiger charge is -2.29.